The predicted octanol–water partition coefficient (Wildman–Crippen LogP) is 3.37. The normalized spacial score (nSPS) is 13.7. The van der Waals surface area contributed by atoms with Gasteiger partial charge in [-0.3, -0.25) is 4.79 Å². The third kappa shape index (κ3) is 2.58. The molecule has 2 nitrogen and oxygen atoms in total. The predicted molar refractivity (Wildman–Crippen MR) is 74.4 cm³/mol. The number of fused-ring (bicyclic) bond motifs is 1. The van der Waals surface area contributed by atoms with Crippen LogP contribution in [0, 0.1) is 0 Å². The van der Waals surface area contributed by atoms with Gasteiger partial charge in [0, 0.05) is 18.1 Å². The number of allylic oxidation sites excluding steroid dienone is 1. The van der Waals surface area contributed by atoms with Gasteiger partial charge in [0.05, 0.1) is 0 Å². The van der Waals surface area contributed by atoms with E-state index in [4.69, 9.17) is 4.74 Å². The molecule has 94 valence electrons. The van der Waals surface area contributed by atoms with Crippen molar-refractivity contribution < 1.29 is 9.53 Å². The molecule has 0 atom stereocenters. The Balaban J connectivity index is 1.82. The fraction of sp³-hybridized carbons (Fsp3) is 0.118. The van der Waals surface area contributed by atoms with Crippen LogP contribution < -0.4 is 0 Å². The molecule has 1 aliphatic carbocycles. The highest BCUT2D eigenvalue weighted by Crippen LogP contribution is 2.26. The largest absolute Gasteiger partial charge is 0.488 e. The van der Waals surface area contributed by atoms with Gasteiger partial charge in [0.15, 0.2) is 5.78 Å². The lowest BCUT2D eigenvalue weighted by Crippen LogP contribution is -2.10. The van der Waals surface area contributed by atoms with Gasteiger partial charge in [0.1, 0.15) is 12.4 Å². The first-order valence-corrected chi connectivity index (χ1v) is 6.32. The minimum Gasteiger partial charge on any atom is -0.488 e. The van der Waals surface area contributed by atoms with Gasteiger partial charge in [-0.1, -0.05) is 54.6 Å². The highest BCUT2D eigenvalue weighted by molar-refractivity contribution is 6.00. The third-order valence-corrected chi connectivity index (χ3v) is 3.18. The second kappa shape index (κ2) is 5.11. The fourth-order valence-corrected chi connectivity index (χ4v) is 2.23. The van der Waals surface area contributed by atoms with Crippen LogP contribution in [0.2, 0.25) is 0 Å². The van der Waals surface area contributed by atoms with Gasteiger partial charge in [-0.15, -0.1) is 0 Å². The summed E-state index contributed by atoms with van der Waals surface area (Å²) in [5.74, 6) is 0.775. The lowest BCUT2D eigenvalue weighted by molar-refractivity contribution is -0.114. The van der Waals surface area contributed by atoms with Crippen molar-refractivity contribution in [3.05, 3.63) is 77.4 Å². The van der Waals surface area contributed by atoms with Crippen molar-refractivity contribution in [2.45, 2.75) is 13.0 Å². The average molecular weight is 250 g/mol. The lowest BCUT2D eigenvalue weighted by Gasteiger charge is -2.17. The molecular formula is C17H14O2. The number of ether oxygens (including phenoxy) is 1. The van der Waals surface area contributed by atoms with Crippen LogP contribution in [-0.2, 0) is 22.6 Å². The Morgan fingerprint density at radius 2 is 1.68 bits per heavy atom. The van der Waals surface area contributed by atoms with Crippen molar-refractivity contribution in [2.24, 2.45) is 0 Å². The van der Waals surface area contributed by atoms with E-state index in [0.29, 0.717) is 18.8 Å². The first-order valence-electron chi connectivity index (χ1n) is 6.32. The van der Waals surface area contributed by atoms with E-state index in [9.17, 15) is 4.79 Å². The Bertz CT molecular complexity index is 627. The molecule has 2 heteroatoms. The Hall–Kier alpha value is -2.35. The van der Waals surface area contributed by atoms with E-state index in [1.807, 2.05) is 54.6 Å². The SMILES string of the molecule is O=C1C=C(OCc2ccccc2)c2ccccc2C1. The maximum Gasteiger partial charge on any atom is 0.163 e. The standard InChI is InChI=1S/C17H14O2/c18-15-10-14-8-4-5-9-16(14)17(11-15)19-12-13-6-2-1-3-7-13/h1-9,11H,10,12H2. The molecule has 0 radical (unpaired) electrons. The maximum atomic E-state index is 11.7. The van der Waals surface area contributed by atoms with Crippen LogP contribution in [0.5, 0.6) is 0 Å². The average Bonchev–Trinajstić information content (AvgIpc) is 2.45. The van der Waals surface area contributed by atoms with Crippen molar-refractivity contribution in [2.75, 3.05) is 0 Å². The molecule has 0 saturated carbocycles. The number of rotatable bonds is 3. The Morgan fingerprint density at radius 1 is 0.947 bits per heavy atom. The smallest absolute Gasteiger partial charge is 0.163 e. The molecule has 0 fully saturated rings. The summed E-state index contributed by atoms with van der Waals surface area (Å²) in [4.78, 5) is 11.7. The summed E-state index contributed by atoms with van der Waals surface area (Å²) in [6.07, 6.45) is 2.07. The number of hydrogen-bond acceptors (Lipinski definition) is 2. The summed E-state index contributed by atoms with van der Waals surface area (Å²) in [5, 5.41) is 0. The van der Waals surface area contributed by atoms with Crippen LogP contribution in [0.15, 0.2) is 60.7 Å². The molecule has 2 aromatic rings. The molecule has 0 spiro atoms. The second-order valence-electron chi connectivity index (χ2n) is 4.58. The van der Waals surface area contributed by atoms with Crippen LogP contribution in [0.3, 0.4) is 0 Å². The molecule has 0 N–H and O–H groups in total. The van der Waals surface area contributed by atoms with E-state index in [1.165, 1.54) is 0 Å². The Morgan fingerprint density at radius 3 is 2.53 bits per heavy atom. The summed E-state index contributed by atoms with van der Waals surface area (Å²) in [6.45, 7) is 0.480. The van der Waals surface area contributed by atoms with Crippen LogP contribution in [0.1, 0.15) is 16.7 Å². The van der Waals surface area contributed by atoms with Crippen molar-refractivity contribution in [3.63, 3.8) is 0 Å². The van der Waals surface area contributed by atoms with Crippen LogP contribution in [0.4, 0.5) is 0 Å². The Labute approximate surface area is 112 Å². The molecule has 0 bridgehead atoms. The second-order valence-corrected chi connectivity index (χ2v) is 4.58. The minimum atomic E-state index is 0.0989. The molecule has 2 aromatic carbocycles. The summed E-state index contributed by atoms with van der Waals surface area (Å²) in [6, 6.07) is 17.8. The summed E-state index contributed by atoms with van der Waals surface area (Å²) < 4.78 is 5.81. The molecule has 0 unspecified atom stereocenters. The van der Waals surface area contributed by atoms with E-state index in [2.05, 4.69) is 0 Å². The molecular weight excluding hydrogens is 236 g/mol. The summed E-state index contributed by atoms with van der Waals surface area (Å²) in [5.41, 5.74) is 3.16. The number of carbonyl (C=O) groups excluding carboxylic acids is 1. The number of carbonyl (C=O) groups is 1. The lowest BCUT2D eigenvalue weighted by atomic mass is 9.95. The first-order chi connectivity index (χ1) is 9.33. The van der Waals surface area contributed by atoms with Crippen molar-refractivity contribution in [3.8, 4) is 0 Å². The van der Waals surface area contributed by atoms with Crippen molar-refractivity contribution >= 4 is 11.5 Å². The zero-order chi connectivity index (χ0) is 13.1. The van der Waals surface area contributed by atoms with Gasteiger partial charge < -0.3 is 4.74 Å². The molecule has 19 heavy (non-hydrogen) atoms. The van der Waals surface area contributed by atoms with E-state index >= 15 is 0 Å². The summed E-state index contributed by atoms with van der Waals surface area (Å²) in [7, 11) is 0. The van der Waals surface area contributed by atoms with E-state index in [0.717, 1.165) is 16.7 Å². The quantitative estimate of drug-likeness (QED) is 0.834. The van der Waals surface area contributed by atoms with Gasteiger partial charge >= 0.3 is 0 Å². The van der Waals surface area contributed by atoms with E-state index < -0.39 is 0 Å². The van der Waals surface area contributed by atoms with E-state index in [1.54, 1.807) is 6.08 Å². The van der Waals surface area contributed by atoms with Crippen molar-refractivity contribution in [1.29, 1.82) is 0 Å². The molecule has 0 saturated heterocycles. The van der Waals surface area contributed by atoms with Crippen LogP contribution >= 0.6 is 0 Å². The number of benzene rings is 2. The maximum absolute atomic E-state index is 11.7. The number of hydrogen-bond donors (Lipinski definition) is 0. The van der Waals surface area contributed by atoms with Crippen molar-refractivity contribution in [1.82, 2.24) is 0 Å². The van der Waals surface area contributed by atoms with Gasteiger partial charge in [0.25, 0.3) is 0 Å². The van der Waals surface area contributed by atoms with Gasteiger partial charge in [-0.2, -0.15) is 0 Å². The van der Waals surface area contributed by atoms with Gasteiger partial charge in [-0.05, 0) is 11.1 Å². The molecule has 3 rings (SSSR count). The monoisotopic (exact) mass is 250 g/mol. The van der Waals surface area contributed by atoms with Gasteiger partial charge in [-0.25, -0.2) is 0 Å². The first kappa shape index (κ1) is 11.7. The molecule has 0 aliphatic heterocycles. The number of ketones is 1. The molecule has 1 aliphatic rings. The molecule has 0 heterocycles. The fourth-order valence-electron chi connectivity index (χ4n) is 2.23. The van der Waals surface area contributed by atoms with E-state index in [-0.39, 0.29) is 5.78 Å². The summed E-state index contributed by atoms with van der Waals surface area (Å²) >= 11 is 0. The van der Waals surface area contributed by atoms with Crippen LogP contribution in [0.25, 0.3) is 5.76 Å². The highest BCUT2D eigenvalue weighted by Gasteiger charge is 2.17. The minimum absolute atomic E-state index is 0.0989. The topological polar surface area (TPSA) is 26.3 Å². The zero-order valence-corrected chi connectivity index (χ0v) is 10.5. The van der Waals surface area contributed by atoms with Crippen LogP contribution in [-0.4, -0.2) is 5.78 Å². The van der Waals surface area contributed by atoms with Gasteiger partial charge in [0.2, 0.25) is 0 Å². The zero-order valence-electron chi connectivity index (χ0n) is 10.5. The third-order valence-electron chi connectivity index (χ3n) is 3.18. The molecule has 0 aromatic heterocycles. The highest BCUT2D eigenvalue weighted by atomic mass is 16.5. The Kier molecular flexibility index (Phi) is 3.15. The molecule has 0 amide bonds.